The first kappa shape index (κ1) is 39.7. The molecule has 0 saturated heterocycles. The summed E-state index contributed by atoms with van der Waals surface area (Å²) in [5.41, 5.74) is 18.6. The number of rotatable bonds is 8. The highest BCUT2D eigenvalue weighted by Crippen LogP contribution is 2.53. The van der Waals surface area contributed by atoms with E-state index in [2.05, 4.69) is 266 Å². The third-order valence-electron chi connectivity index (χ3n) is 14.2. The Bertz CT molecular complexity index is 3690. The van der Waals surface area contributed by atoms with Crippen molar-refractivity contribution in [2.24, 2.45) is 0 Å². The van der Waals surface area contributed by atoms with Crippen molar-refractivity contribution in [2.75, 3.05) is 9.80 Å². The number of para-hydroxylation sites is 4. The van der Waals surface area contributed by atoms with Crippen molar-refractivity contribution in [3.05, 3.63) is 254 Å². The topological polar surface area (TPSA) is 15.7 Å². The van der Waals surface area contributed by atoms with Gasteiger partial charge in [0.1, 0.15) is 11.5 Å². The quantitative estimate of drug-likeness (QED) is 0.151. The fourth-order valence-electron chi connectivity index (χ4n) is 10.9. The maximum atomic E-state index is 7.19. The summed E-state index contributed by atoms with van der Waals surface area (Å²) in [6.07, 6.45) is 0. The van der Waals surface area contributed by atoms with Crippen LogP contribution in [0.15, 0.2) is 243 Å². The second kappa shape index (κ2) is 15.8. The molecule has 11 aromatic carbocycles. The smallest absolute Gasteiger partial charge is 0.143 e. The molecule has 0 fully saturated rings. The van der Waals surface area contributed by atoms with Crippen LogP contribution < -0.4 is 14.5 Å². The number of fused-ring (bicyclic) bond motifs is 6. The van der Waals surface area contributed by atoms with Crippen molar-refractivity contribution in [1.29, 1.82) is 0 Å². The maximum Gasteiger partial charge on any atom is 0.143 e. The summed E-state index contributed by atoms with van der Waals surface area (Å²) in [7, 11) is 0. The Morgan fingerprint density at radius 3 is 1.62 bits per heavy atom. The van der Waals surface area contributed by atoms with E-state index >= 15 is 0 Å². The van der Waals surface area contributed by atoms with E-state index in [-0.39, 0.29) is 5.41 Å². The van der Waals surface area contributed by atoms with E-state index in [0.717, 1.165) is 84.2 Å². The minimum atomic E-state index is -0.103. The molecule has 322 valence electrons. The van der Waals surface area contributed by atoms with E-state index in [1.54, 1.807) is 0 Å². The molecule has 0 radical (unpaired) electrons. The van der Waals surface area contributed by atoms with E-state index in [9.17, 15) is 0 Å². The van der Waals surface area contributed by atoms with Gasteiger partial charge in [-0.1, -0.05) is 172 Å². The van der Waals surface area contributed by atoms with Crippen LogP contribution in [0, 0.1) is 0 Å². The van der Waals surface area contributed by atoms with Crippen molar-refractivity contribution in [3.63, 3.8) is 0 Å². The lowest BCUT2D eigenvalue weighted by Gasteiger charge is -2.28. The summed E-state index contributed by atoms with van der Waals surface area (Å²) < 4.78 is 7.19. The predicted molar refractivity (Wildman–Crippen MR) is 285 cm³/mol. The van der Waals surface area contributed by atoms with Crippen molar-refractivity contribution < 1.29 is 4.74 Å². The van der Waals surface area contributed by atoms with Gasteiger partial charge in [-0.15, -0.1) is 0 Å². The average Bonchev–Trinajstić information content (AvgIpc) is 3.62. The van der Waals surface area contributed by atoms with Gasteiger partial charge in [0.15, 0.2) is 0 Å². The molecule has 11 aromatic rings. The lowest BCUT2D eigenvalue weighted by molar-refractivity contribution is 0.489. The zero-order chi connectivity index (χ0) is 45.3. The van der Waals surface area contributed by atoms with E-state index in [4.69, 9.17) is 4.74 Å². The number of ether oxygens (including phenoxy) is 1. The number of anilines is 6. The van der Waals surface area contributed by atoms with Gasteiger partial charge in [0.2, 0.25) is 0 Å². The molecule has 1 aliphatic carbocycles. The van der Waals surface area contributed by atoms with Crippen LogP contribution in [-0.2, 0) is 5.41 Å². The zero-order valence-electron chi connectivity index (χ0n) is 37.9. The largest absolute Gasteiger partial charge is 0.455 e. The molecule has 68 heavy (non-hydrogen) atoms. The van der Waals surface area contributed by atoms with Gasteiger partial charge in [-0.3, -0.25) is 0 Å². The molecular formula is C65H46N2O. The SMILES string of the molecule is CC1(C)c2ccccc2-c2ccc(N(c3ccccc3)c3ccc(-c4cccc5c4Oc4cc(-c6cc(N(c7ccccc7)c7ccccc7)c7ccccc7c6)cc6cccc-5c46)cc3)cc21. The summed E-state index contributed by atoms with van der Waals surface area (Å²) in [5, 5.41) is 4.63. The van der Waals surface area contributed by atoms with E-state index in [1.165, 1.54) is 38.6 Å². The Kier molecular flexibility index (Phi) is 9.19. The van der Waals surface area contributed by atoms with Crippen molar-refractivity contribution >= 4 is 55.7 Å². The van der Waals surface area contributed by atoms with Gasteiger partial charge >= 0.3 is 0 Å². The first-order chi connectivity index (χ1) is 33.5. The molecule has 0 saturated carbocycles. The highest BCUT2D eigenvalue weighted by Gasteiger charge is 2.36. The molecule has 0 N–H and O–H groups in total. The predicted octanol–water partition coefficient (Wildman–Crippen LogP) is 18.3. The summed E-state index contributed by atoms with van der Waals surface area (Å²) in [6.45, 7) is 4.69. The number of hydrogen-bond donors (Lipinski definition) is 0. The molecule has 0 spiro atoms. The fraction of sp³-hybridized carbons (Fsp3) is 0.0462. The molecule has 0 aromatic heterocycles. The van der Waals surface area contributed by atoms with Gasteiger partial charge in [0, 0.05) is 55.8 Å². The van der Waals surface area contributed by atoms with E-state index < -0.39 is 0 Å². The van der Waals surface area contributed by atoms with Gasteiger partial charge in [0.25, 0.3) is 0 Å². The standard InChI is InChI=1S/C65H46N2O/c1-65(2)59-31-15-14-27-55(59)56-37-36-52(42-60(56)65)66(48-20-6-3-7-21-48)51-34-32-43(33-35-51)54-28-17-30-58-57-29-16-19-45-39-47(41-62(63(45)57)68-64(54)58)46-38-44-18-12-13-26-53(44)61(40-46)67(49-22-8-4-9-23-49)50-24-10-5-11-25-50/h3-42H,1-2H3. The summed E-state index contributed by atoms with van der Waals surface area (Å²) >= 11 is 0. The van der Waals surface area contributed by atoms with Crippen molar-refractivity contribution in [3.8, 4) is 56.0 Å². The van der Waals surface area contributed by atoms with Crippen LogP contribution in [0.2, 0.25) is 0 Å². The number of hydrogen-bond acceptors (Lipinski definition) is 3. The molecular weight excluding hydrogens is 825 g/mol. The van der Waals surface area contributed by atoms with Crippen LogP contribution in [0.25, 0.3) is 66.1 Å². The third kappa shape index (κ3) is 6.42. The second-order valence-electron chi connectivity index (χ2n) is 18.5. The van der Waals surface area contributed by atoms with E-state index in [1.807, 2.05) is 0 Å². The lowest BCUT2D eigenvalue weighted by Crippen LogP contribution is -2.16. The van der Waals surface area contributed by atoms with Gasteiger partial charge in [0.05, 0.1) is 5.69 Å². The Morgan fingerprint density at radius 1 is 0.338 bits per heavy atom. The number of benzene rings is 11. The van der Waals surface area contributed by atoms with Crippen LogP contribution in [0.1, 0.15) is 25.0 Å². The molecule has 1 aliphatic heterocycles. The average molecular weight is 871 g/mol. The van der Waals surface area contributed by atoms with Crippen molar-refractivity contribution in [1.82, 2.24) is 0 Å². The summed E-state index contributed by atoms with van der Waals surface area (Å²) in [4.78, 5) is 4.74. The van der Waals surface area contributed by atoms with Crippen LogP contribution >= 0.6 is 0 Å². The first-order valence-electron chi connectivity index (χ1n) is 23.5. The Labute approximate surface area is 397 Å². The second-order valence-corrected chi connectivity index (χ2v) is 18.5. The maximum absolute atomic E-state index is 7.19. The van der Waals surface area contributed by atoms with Gasteiger partial charge in [-0.25, -0.2) is 0 Å². The van der Waals surface area contributed by atoms with Crippen LogP contribution in [0.5, 0.6) is 11.5 Å². The minimum Gasteiger partial charge on any atom is -0.455 e. The molecule has 0 bridgehead atoms. The molecule has 3 heteroatoms. The highest BCUT2D eigenvalue weighted by molar-refractivity contribution is 6.08. The van der Waals surface area contributed by atoms with Crippen molar-refractivity contribution in [2.45, 2.75) is 19.3 Å². The molecule has 2 aliphatic rings. The van der Waals surface area contributed by atoms with Gasteiger partial charge in [-0.2, -0.15) is 0 Å². The van der Waals surface area contributed by atoms with Gasteiger partial charge < -0.3 is 14.5 Å². The lowest BCUT2D eigenvalue weighted by atomic mass is 9.82. The van der Waals surface area contributed by atoms with Gasteiger partial charge in [-0.05, 0) is 140 Å². The first-order valence-corrected chi connectivity index (χ1v) is 23.5. The van der Waals surface area contributed by atoms with Crippen LogP contribution in [-0.4, -0.2) is 0 Å². The minimum absolute atomic E-state index is 0.103. The summed E-state index contributed by atoms with van der Waals surface area (Å²) in [5.74, 6) is 1.73. The molecule has 3 nitrogen and oxygen atoms in total. The zero-order valence-corrected chi connectivity index (χ0v) is 37.9. The Balaban J connectivity index is 0.897. The summed E-state index contributed by atoms with van der Waals surface area (Å²) in [6, 6.07) is 87.9. The molecule has 13 rings (SSSR count). The molecule has 0 atom stereocenters. The van der Waals surface area contributed by atoms with Crippen LogP contribution in [0.4, 0.5) is 34.1 Å². The third-order valence-corrected chi connectivity index (χ3v) is 14.2. The fourth-order valence-corrected chi connectivity index (χ4v) is 10.9. The monoisotopic (exact) mass is 870 g/mol. The molecule has 0 unspecified atom stereocenters. The molecule has 0 amide bonds. The number of nitrogens with zero attached hydrogens (tertiary/aromatic N) is 2. The Morgan fingerprint density at radius 2 is 0.868 bits per heavy atom. The Hall–Kier alpha value is -8.66. The molecule has 1 heterocycles. The van der Waals surface area contributed by atoms with Crippen LogP contribution in [0.3, 0.4) is 0 Å². The normalized spacial score (nSPS) is 12.8. The highest BCUT2D eigenvalue weighted by atomic mass is 16.5. The van der Waals surface area contributed by atoms with E-state index in [0.29, 0.717) is 0 Å².